The van der Waals surface area contributed by atoms with Crippen LogP contribution >= 0.6 is 0 Å². The standard InChI is InChI=1S/C11H17N/c1-3-4-5-8-11-10(2)7-6-9-12-11/h3-4H,2,5-9H2,1H3. The van der Waals surface area contributed by atoms with E-state index in [0.717, 1.165) is 25.8 Å². The number of rotatable bonds is 3. The first-order valence-electron chi connectivity index (χ1n) is 4.67. The van der Waals surface area contributed by atoms with Crippen molar-refractivity contribution in [3.8, 4) is 0 Å². The highest BCUT2D eigenvalue weighted by Gasteiger charge is 2.07. The van der Waals surface area contributed by atoms with Crippen LogP contribution in [-0.2, 0) is 0 Å². The van der Waals surface area contributed by atoms with Gasteiger partial charge in [-0.15, -0.1) is 0 Å². The van der Waals surface area contributed by atoms with Crippen LogP contribution in [0.1, 0.15) is 32.6 Å². The maximum atomic E-state index is 4.47. The Bertz CT molecular complexity index is 211. The van der Waals surface area contributed by atoms with Crippen molar-refractivity contribution in [1.82, 2.24) is 0 Å². The molecule has 0 aromatic heterocycles. The Hall–Kier alpha value is -0.850. The summed E-state index contributed by atoms with van der Waals surface area (Å²) in [4.78, 5) is 4.47. The van der Waals surface area contributed by atoms with Crippen LogP contribution in [0.3, 0.4) is 0 Å². The molecule has 12 heavy (non-hydrogen) atoms. The van der Waals surface area contributed by atoms with E-state index >= 15 is 0 Å². The van der Waals surface area contributed by atoms with Gasteiger partial charge < -0.3 is 0 Å². The SMILES string of the molecule is C=C1CCCN=C1CCC=CC. The summed E-state index contributed by atoms with van der Waals surface area (Å²) in [5.74, 6) is 0. The normalized spacial score (nSPS) is 18.4. The molecule has 1 aliphatic heterocycles. The lowest BCUT2D eigenvalue weighted by Gasteiger charge is -2.13. The molecule has 0 aromatic carbocycles. The Labute approximate surface area is 74.9 Å². The fourth-order valence-electron chi connectivity index (χ4n) is 1.41. The first kappa shape index (κ1) is 9.24. The zero-order valence-electron chi connectivity index (χ0n) is 7.84. The van der Waals surface area contributed by atoms with Crippen LogP contribution in [0.2, 0.25) is 0 Å². The Morgan fingerprint density at radius 3 is 3.08 bits per heavy atom. The highest BCUT2D eigenvalue weighted by atomic mass is 14.7. The van der Waals surface area contributed by atoms with Crippen molar-refractivity contribution < 1.29 is 0 Å². The Morgan fingerprint density at radius 1 is 1.58 bits per heavy atom. The molecule has 1 heterocycles. The van der Waals surface area contributed by atoms with Gasteiger partial charge in [0.25, 0.3) is 0 Å². The van der Waals surface area contributed by atoms with Crippen LogP contribution in [0.5, 0.6) is 0 Å². The summed E-state index contributed by atoms with van der Waals surface area (Å²) in [5.41, 5.74) is 2.50. The average Bonchev–Trinajstić information content (AvgIpc) is 2.09. The third-order valence-corrected chi connectivity index (χ3v) is 2.13. The van der Waals surface area contributed by atoms with E-state index in [0.29, 0.717) is 0 Å². The lowest BCUT2D eigenvalue weighted by molar-refractivity contribution is 0.804. The predicted molar refractivity (Wildman–Crippen MR) is 54.7 cm³/mol. The lowest BCUT2D eigenvalue weighted by atomic mass is 10.00. The van der Waals surface area contributed by atoms with E-state index in [1.807, 2.05) is 0 Å². The molecular formula is C11H17N. The highest BCUT2D eigenvalue weighted by molar-refractivity contribution is 6.00. The van der Waals surface area contributed by atoms with Crippen molar-refractivity contribution in [1.29, 1.82) is 0 Å². The van der Waals surface area contributed by atoms with Crippen molar-refractivity contribution in [2.45, 2.75) is 32.6 Å². The second-order valence-electron chi connectivity index (χ2n) is 3.14. The molecule has 1 aliphatic rings. The van der Waals surface area contributed by atoms with Crippen LogP contribution in [0.15, 0.2) is 29.3 Å². The minimum atomic E-state index is 1.00. The van der Waals surface area contributed by atoms with E-state index in [9.17, 15) is 0 Å². The Morgan fingerprint density at radius 2 is 2.42 bits per heavy atom. The molecule has 0 N–H and O–H groups in total. The molecule has 0 bridgehead atoms. The zero-order chi connectivity index (χ0) is 8.81. The summed E-state index contributed by atoms with van der Waals surface area (Å²) in [5, 5.41) is 0. The minimum Gasteiger partial charge on any atom is -0.289 e. The molecule has 1 nitrogen and oxygen atoms in total. The van der Waals surface area contributed by atoms with Gasteiger partial charge in [-0.25, -0.2) is 0 Å². The summed E-state index contributed by atoms with van der Waals surface area (Å²) >= 11 is 0. The molecule has 0 aromatic rings. The molecule has 0 saturated carbocycles. The molecule has 0 amide bonds. The van der Waals surface area contributed by atoms with Crippen molar-refractivity contribution in [2.75, 3.05) is 6.54 Å². The molecule has 0 saturated heterocycles. The fraction of sp³-hybridized carbons (Fsp3) is 0.545. The topological polar surface area (TPSA) is 12.4 Å². The van der Waals surface area contributed by atoms with E-state index in [1.54, 1.807) is 0 Å². The van der Waals surface area contributed by atoms with Gasteiger partial charge in [0.05, 0.1) is 0 Å². The second kappa shape index (κ2) is 4.91. The predicted octanol–water partition coefficient (Wildman–Crippen LogP) is 3.13. The number of hydrogen-bond donors (Lipinski definition) is 0. The average molecular weight is 163 g/mol. The van der Waals surface area contributed by atoms with Crippen molar-refractivity contribution >= 4 is 5.71 Å². The fourth-order valence-corrected chi connectivity index (χ4v) is 1.41. The van der Waals surface area contributed by atoms with E-state index in [4.69, 9.17) is 0 Å². The van der Waals surface area contributed by atoms with Gasteiger partial charge in [-0.1, -0.05) is 18.7 Å². The van der Waals surface area contributed by atoms with Crippen LogP contribution in [0, 0.1) is 0 Å². The molecule has 0 aliphatic carbocycles. The molecule has 1 heteroatoms. The van der Waals surface area contributed by atoms with Gasteiger partial charge >= 0.3 is 0 Å². The van der Waals surface area contributed by atoms with Crippen LogP contribution < -0.4 is 0 Å². The maximum Gasteiger partial charge on any atom is 0.0395 e. The minimum absolute atomic E-state index is 1.00. The smallest absolute Gasteiger partial charge is 0.0395 e. The molecule has 0 atom stereocenters. The highest BCUT2D eigenvalue weighted by Crippen LogP contribution is 2.15. The first-order chi connectivity index (χ1) is 5.84. The van der Waals surface area contributed by atoms with Gasteiger partial charge in [0.15, 0.2) is 0 Å². The van der Waals surface area contributed by atoms with Crippen LogP contribution in [0.4, 0.5) is 0 Å². The molecule has 66 valence electrons. The van der Waals surface area contributed by atoms with Gasteiger partial charge in [-0.2, -0.15) is 0 Å². The van der Waals surface area contributed by atoms with Gasteiger partial charge in [-0.3, -0.25) is 4.99 Å². The first-order valence-corrected chi connectivity index (χ1v) is 4.67. The summed E-state index contributed by atoms with van der Waals surface area (Å²) < 4.78 is 0. The molecule has 0 fully saturated rings. The number of hydrogen-bond acceptors (Lipinski definition) is 1. The van der Waals surface area contributed by atoms with E-state index in [2.05, 4.69) is 30.6 Å². The lowest BCUT2D eigenvalue weighted by Crippen LogP contribution is -2.08. The maximum absolute atomic E-state index is 4.47. The van der Waals surface area contributed by atoms with Gasteiger partial charge in [0.2, 0.25) is 0 Å². The number of allylic oxidation sites excluding steroid dienone is 3. The summed E-state index contributed by atoms with van der Waals surface area (Å²) in [6, 6.07) is 0. The molecular weight excluding hydrogens is 146 g/mol. The van der Waals surface area contributed by atoms with Crippen LogP contribution in [0.25, 0.3) is 0 Å². The van der Waals surface area contributed by atoms with E-state index in [1.165, 1.54) is 17.7 Å². The third-order valence-electron chi connectivity index (χ3n) is 2.13. The molecule has 0 unspecified atom stereocenters. The van der Waals surface area contributed by atoms with Gasteiger partial charge in [-0.05, 0) is 38.2 Å². The van der Waals surface area contributed by atoms with E-state index < -0.39 is 0 Å². The largest absolute Gasteiger partial charge is 0.289 e. The summed E-state index contributed by atoms with van der Waals surface area (Å²) in [6.07, 6.45) is 8.79. The zero-order valence-corrected chi connectivity index (χ0v) is 7.84. The third kappa shape index (κ3) is 2.65. The number of aliphatic imine (C=N–C) groups is 1. The second-order valence-corrected chi connectivity index (χ2v) is 3.14. The summed E-state index contributed by atoms with van der Waals surface area (Å²) in [7, 11) is 0. The van der Waals surface area contributed by atoms with E-state index in [-0.39, 0.29) is 0 Å². The van der Waals surface area contributed by atoms with Crippen molar-refractivity contribution in [3.63, 3.8) is 0 Å². The molecule has 0 spiro atoms. The Balaban J connectivity index is 2.39. The Kier molecular flexibility index (Phi) is 3.78. The van der Waals surface area contributed by atoms with Gasteiger partial charge in [0.1, 0.15) is 0 Å². The van der Waals surface area contributed by atoms with Gasteiger partial charge in [0, 0.05) is 12.3 Å². The van der Waals surface area contributed by atoms with Crippen LogP contribution in [-0.4, -0.2) is 12.3 Å². The number of nitrogens with zero attached hydrogens (tertiary/aromatic N) is 1. The summed E-state index contributed by atoms with van der Waals surface area (Å²) in [6.45, 7) is 7.08. The van der Waals surface area contributed by atoms with Crippen molar-refractivity contribution in [2.24, 2.45) is 4.99 Å². The monoisotopic (exact) mass is 163 g/mol. The molecule has 0 radical (unpaired) electrons. The van der Waals surface area contributed by atoms with Crippen molar-refractivity contribution in [3.05, 3.63) is 24.3 Å². The molecule has 1 rings (SSSR count). The quantitative estimate of drug-likeness (QED) is 0.567.